The normalized spacial score (nSPS) is 13.6. The van der Waals surface area contributed by atoms with Crippen molar-refractivity contribution in [3.8, 4) is 0 Å². The Morgan fingerprint density at radius 3 is 2.38 bits per heavy atom. The average molecular weight is 223 g/mol. The molecule has 1 aromatic rings. The van der Waals surface area contributed by atoms with E-state index in [-0.39, 0.29) is 0 Å². The fourth-order valence-corrected chi connectivity index (χ4v) is 1.85. The molecular weight excluding hydrogens is 202 g/mol. The van der Waals surface area contributed by atoms with Crippen LogP contribution in [0, 0.1) is 0 Å². The van der Waals surface area contributed by atoms with Crippen LogP contribution in [-0.4, -0.2) is 29.4 Å². The summed E-state index contributed by atoms with van der Waals surface area (Å²) in [5.41, 5.74) is 1.09. The highest BCUT2D eigenvalue weighted by Gasteiger charge is 2.18. The molecule has 0 spiro atoms. The summed E-state index contributed by atoms with van der Waals surface area (Å²) >= 11 is 0. The first-order valence-corrected chi connectivity index (χ1v) is 5.52. The topological polar surface area (TPSA) is 43.7 Å². The number of para-hydroxylation sites is 1. The third-order valence-corrected chi connectivity index (χ3v) is 2.42. The minimum Gasteiger partial charge on any atom is -0.389 e. The molecule has 0 aliphatic carbocycles. The Kier molecular flexibility index (Phi) is 3.94. The molecule has 1 atom stereocenters. The van der Waals surface area contributed by atoms with Gasteiger partial charge in [-0.3, -0.25) is 0 Å². The number of aliphatic hydroxyl groups excluding tert-OH is 1. The van der Waals surface area contributed by atoms with Gasteiger partial charge in [0.15, 0.2) is 0 Å². The van der Waals surface area contributed by atoms with Gasteiger partial charge in [-0.05, 0) is 26.8 Å². The van der Waals surface area contributed by atoms with Crippen molar-refractivity contribution in [3.63, 3.8) is 0 Å². The van der Waals surface area contributed by atoms with Crippen LogP contribution < -0.4 is 4.90 Å². The zero-order valence-corrected chi connectivity index (χ0v) is 10.4. The summed E-state index contributed by atoms with van der Waals surface area (Å²) in [7, 11) is 1.92. The molecule has 3 nitrogen and oxygen atoms in total. The van der Waals surface area contributed by atoms with Crippen LogP contribution in [-0.2, 0) is 0 Å². The SMILES string of the molecule is CC(O)c1ccccc1N(C)CC(C)(C)O. The predicted molar refractivity (Wildman–Crippen MR) is 66.6 cm³/mol. The maximum Gasteiger partial charge on any atom is 0.0781 e. The standard InChI is InChI=1S/C13H21NO2/c1-10(15)11-7-5-6-8-12(11)14(4)9-13(2,3)16/h5-8,10,15-16H,9H2,1-4H3. The number of likely N-dealkylation sites (N-methyl/N-ethyl adjacent to an activating group) is 1. The van der Waals surface area contributed by atoms with Crippen molar-refractivity contribution in [3.05, 3.63) is 29.8 Å². The van der Waals surface area contributed by atoms with E-state index in [0.29, 0.717) is 6.54 Å². The van der Waals surface area contributed by atoms with Gasteiger partial charge in [-0.25, -0.2) is 0 Å². The third-order valence-electron chi connectivity index (χ3n) is 2.42. The molecule has 0 saturated heterocycles. The van der Waals surface area contributed by atoms with Crippen LogP contribution in [0.3, 0.4) is 0 Å². The highest BCUT2D eigenvalue weighted by molar-refractivity contribution is 5.54. The van der Waals surface area contributed by atoms with Gasteiger partial charge in [-0.15, -0.1) is 0 Å². The van der Waals surface area contributed by atoms with Crippen LogP contribution in [0.25, 0.3) is 0 Å². The number of hydrogen-bond donors (Lipinski definition) is 2. The van der Waals surface area contributed by atoms with E-state index in [9.17, 15) is 10.2 Å². The molecule has 0 heterocycles. The number of benzene rings is 1. The van der Waals surface area contributed by atoms with Gasteiger partial charge in [-0.1, -0.05) is 18.2 Å². The van der Waals surface area contributed by atoms with Crippen molar-refractivity contribution in [2.24, 2.45) is 0 Å². The first-order chi connectivity index (χ1) is 7.31. The second-order valence-corrected chi connectivity index (χ2v) is 4.90. The van der Waals surface area contributed by atoms with Gasteiger partial charge in [0, 0.05) is 24.8 Å². The van der Waals surface area contributed by atoms with E-state index < -0.39 is 11.7 Å². The van der Waals surface area contributed by atoms with Gasteiger partial charge >= 0.3 is 0 Å². The molecule has 0 radical (unpaired) electrons. The molecule has 3 heteroatoms. The van der Waals surface area contributed by atoms with Crippen molar-refractivity contribution >= 4 is 5.69 Å². The molecule has 0 aliphatic heterocycles. The van der Waals surface area contributed by atoms with Gasteiger partial charge < -0.3 is 15.1 Å². The summed E-state index contributed by atoms with van der Waals surface area (Å²) in [4.78, 5) is 1.96. The summed E-state index contributed by atoms with van der Waals surface area (Å²) in [5, 5.41) is 19.4. The molecule has 0 bridgehead atoms. The lowest BCUT2D eigenvalue weighted by molar-refractivity contribution is 0.0884. The van der Waals surface area contributed by atoms with E-state index in [4.69, 9.17) is 0 Å². The number of anilines is 1. The van der Waals surface area contributed by atoms with Gasteiger partial charge in [0.1, 0.15) is 0 Å². The zero-order chi connectivity index (χ0) is 12.3. The zero-order valence-electron chi connectivity index (χ0n) is 10.4. The van der Waals surface area contributed by atoms with E-state index >= 15 is 0 Å². The smallest absolute Gasteiger partial charge is 0.0781 e. The first-order valence-electron chi connectivity index (χ1n) is 5.52. The Hall–Kier alpha value is -1.06. The molecule has 0 aliphatic rings. The fourth-order valence-electron chi connectivity index (χ4n) is 1.85. The Bertz CT molecular complexity index is 342. The maximum absolute atomic E-state index is 9.77. The Morgan fingerprint density at radius 2 is 1.88 bits per heavy atom. The Labute approximate surface area is 97.3 Å². The van der Waals surface area contributed by atoms with Crippen LogP contribution in [0.1, 0.15) is 32.4 Å². The van der Waals surface area contributed by atoms with E-state index in [1.807, 2.05) is 36.2 Å². The van der Waals surface area contributed by atoms with E-state index in [0.717, 1.165) is 11.3 Å². The van der Waals surface area contributed by atoms with Gasteiger partial charge in [0.05, 0.1) is 11.7 Å². The summed E-state index contributed by atoms with van der Waals surface area (Å²) in [5.74, 6) is 0. The summed E-state index contributed by atoms with van der Waals surface area (Å²) in [6, 6.07) is 7.69. The monoisotopic (exact) mass is 223 g/mol. The molecular formula is C13H21NO2. The number of nitrogens with zero attached hydrogens (tertiary/aromatic N) is 1. The second-order valence-electron chi connectivity index (χ2n) is 4.90. The van der Waals surface area contributed by atoms with E-state index in [2.05, 4.69) is 0 Å². The van der Waals surface area contributed by atoms with E-state index in [1.165, 1.54) is 0 Å². The molecule has 0 amide bonds. The van der Waals surface area contributed by atoms with Gasteiger partial charge in [0.25, 0.3) is 0 Å². The number of hydrogen-bond acceptors (Lipinski definition) is 3. The van der Waals surface area contributed by atoms with Crippen LogP contribution in [0.5, 0.6) is 0 Å². The van der Waals surface area contributed by atoms with Crippen molar-refractivity contribution < 1.29 is 10.2 Å². The minimum atomic E-state index is -0.749. The summed E-state index contributed by atoms with van der Waals surface area (Å²) in [6.45, 7) is 5.82. The van der Waals surface area contributed by atoms with Gasteiger partial charge in [-0.2, -0.15) is 0 Å². The highest BCUT2D eigenvalue weighted by atomic mass is 16.3. The summed E-state index contributed by atoms with van der Waals surface area (Å²) < 4.78 is 0. The van der Waals surface area contributed by atoms with Crippen LogP contribution in [0.15, 0.2) is 24.3 Å². The average Bonchev–Trinajstić information content (AvgIpc) is 2.15. The quantitative estimate of drug-likeness (QED) is 0.820. The van der Waals surface area contributed by atoms with Crippen LogP contribution in [0.4, 0.5) is 5.69 Å². The molecule has 2 N–H and O–H groups in total. The third kappa shape index (κ3) is 3.51. The molecule has 1 rings (SSSR count). The number of rotatable bonds is 4. The summed E-state index contributed by atoms with van der Waals surface area (Å²) in [6.07, 6.45) is -0.500. The van der Waals surface area contributed by atoms with Crippen LogP contribution in [0.2, 0.25) is 0 Å². The molecule has 1 unspecified atom stereocenters. The van der Waals surface area contributed by atoms with Crippen molar-refractivity contribution in [1.29, 1.82) is 0 Å². The minimum absolute atomic E-state index is 0.500. The lowest BCUT2D eigenvalue weighted by atomic mass is 10.1. The van der Waals surface area contributed by atoms with Crippen LogP contribution >= 0.6 is 0 Å². The first kappa shape index (κ1) is 13.0. The highest BCUT2D eigenvalue weighted by Crippen LogP contribution is 2.26. The van der Waals surface area contributed by atoms with E-state index in [1.54, 1.807) is 20.8 Å². The molecule has 0 saturated carbocycles. The molecule has 0 fully saturated rings. The molecule has 16 heavy (non-hydrogen) atoms. The van der Waals surface area contributed by atoms with Crippen molar-refractivity contribution in [2.45, 2.75) is 32.5 Å². The Morgan fingerprint density at radius 1 is 1.31 bits per heavy atom. The molecule has 1 aromatic carbocycles. The van der Waals surface area contributed by atoms with Crippen molar-refractivity contribution in [1.82, 2.24) is 0 Å². The lowest BCUT2D eigenvalue weighted by Gasteiger charge is -2.29. The molecule has 0 aromatic heterocycles. The Balaban J connectivity index is 2.95. The lowest BCUT2D eigenvalue weighted by Crippen LogP contribution is -2.36. The molecule has 90 valence electrons. The second kappa shape index (κ2) is 4.85. The maximum atomic E-state index is 9.77. The largest absolute Gasteiger partial charge is 0.389 e. The van der Waals surface area contributed by atoms with Crippen molar-refractivity contribution in [2.75, 3.05) is 18.5 Å². The predicted octanol–water partition coefficient (Wildman–Crippen LogP) is 1.95. The van der Waals surface area contributed by atoms with Gasteiger partial charge in [0.2, 0.25) is 0 Å². The fraction of sp³-hybridized carbons (Fsp3) is 0.538. The number of aliphatic hydroxyl groups is 2.